The SMILES string of the molecule is NC(=O)OCCNCC(O)COC1CCCCC1. The molecule has 0 aliphatic heterocycles. The van der Waals surface area contributed by atoms with Gasteiger partial charge < -0.3 is 25.6 Å². The van der Waals surface area contributed by atoms with Crippen LogP contribution in [0, 0.1) is 0 Å². The topological polar surface area (TPSA) is 93.8 Å². The Morgan fingerprint density at radius 1 is 1.39 bits per heavy atom. The van der Waals surface area contributed by atoms with Crippen molar-refractivity contribution in [1.82, 2.24) is 5.32 Å². The van der Waals surface area contributed by atoms with E-state index in [2.05, 4.69) is 10.1 Å². The van der Waals surface area contributed by atoms with E-state index >= 15 is 0 Å². The molecule has 0 spiro atoms. The standard InChI is InChI=1S/C12H24N2O4/c13-12(16)17-7-6-14-8-10(15)9-18-11-4-2-1-3-5-11/h10-11,14-15H,1-9H2,(H2,13,16). The summed E-state index contributed by atoms with van der Waals surface area (Å²) < 4.78 is 10.2. The van der Waals surface area contributed by atoms with Crippen LogP contribution in [-0.4, -0.2) is 49.7 Å². The molecule has 1 atom stereocenters. The molecule has 0 bridgehead atoms. The predicted octanol–water partition coefficient (Wildman–Crippen LogP) is 0.381. The normalized spacial score (nSPS) is 18.5. The van der Waals surface area contributed by atoms with Crippen LogP contribution < -0.4 is 11.1 Å². The number of primary amides is 1. The lowest BCUT2D eigenvalue weighted by Crippen LogP contribution is -2.34. The lowest BCUT2D eigenvalue weighted by molar-refractivity contribution is -0.0231. The Hall–Kier alpha value is -0.850. The third kappa shape index (κ3) is 7.47. The Kier molecular flexibility index (Phi) is 7.71. The van der Waals surface area contributed by atoms with Gasteiger partial charge in [0.05, 0.1) is 18.8 Å². The van der Waals surface area contributed by atoms with Gasteiger partial charge in [0.25, 0.3) is 0 Å². The van der Waals surface area contributed by atoms with E-state index in [1.54, 1.807) is 0 Å². The average Bonchev–Trinajstić information content (AvgIpc) is 2.37. The van der Waals surface area contributed by atoms with Crippen molar-refractivity contribution in [1.29, 1.82) is 0 Å². The van der Waals surface area contributed by atoms with Crippen LogP contribution >= 0.6 is 0 Å². The van der Waals surface area contributed by atoms with E-state index in [9.17, 15) is 9.90 Å². The molecule has 1 rings (SSSR count). The fourth-order valence-corrected chi connectivity index (χ4v) is 2.03. The summed E-state index contributed by atoms with van der Waals surface area (Å²) in [4.78, 5) is 10.3. The maximum absolute atomic E-state index is 10.3. The molecular weight excluding hydrogens is 236 g/mol. The number of rotatable bonds is 8. The van der Waals surface area contributed by atoms with Gasteiger partial charge in [-0.1, -0.05) is 19.3 Å². The molecule has 1 aliphatic rings. The molecule has 18 heavy (non-hydrogen) atoms. The minimum absolute atomic E-state index is 0.214. The number of carbonyl (C=O) groups is 1. The second-order valence-electron chi connectivity index (χ2n) is 4.62. The van der Waals surface area contributed by atoms with E-state index in [-0.39, 0.29) is 6.61 Å². The van der Waals surface area contributed by atoms with Crippen LogP contribution in [0.25, 0.3) is 0 Å². The molecule has 1 unspecified atom stereocenters. The van der Waals surface area contributed by atoms with Crippen molar-refractivity contribution in [2.75, 3.05) is 26.3 Å². The maximum atomic E-state index is 10.3. The molecule has 0 aromatic rings. The lowest BCUT2D eigenvalue weighted by atomic mass is 9.98. The van der Waals surface area contributed by atoms with Gasteiger partial charge in [-0.3, -0.25) is 0 Å². The smallest absolute Gasteiger partial charge is 0.404 e. The third-order valence-corrected chi connectivity index (χ3v) is 2.98. The summed E-state index contributed by atoms with van der Waals surface area (Å²) in [5, 5.41) is 12.6. The van der Waals surface area contributed by atoms with E-state index in [0.717, 1.165) is 12.8 Å². The quantitative estimate of drug-likeness (QED) is 0.549. The highest BCUT2D eigenvalue weighted by atomic mass is 16.5. The summed E-state index contributed by atoms with van der Waals surface area (Å²) in [6.07, 6.45) is 4.96. The van der Waals surface area contributed by atoms with Crippen LogP contribution in [0.4, 0.5) is 4.79 Å². The molecule has 0 radical (unpaired) electrons. The van der Waals surface area contributed by atoms with Crippen molar-refractivity contribution in [3.8, 4) is 0 Å². The largest absolute Gasteiger partial charge is 0.448 e. The maximum Gasteiger partial charge on any atom is 0.404 e. The van der Waals surface area contributed by atoms with Gasteiger partial charge in [-0.25, -0.2) is 4.79 Å². The number of ether oxygens (including phenoxy) is 2. The first-order valence-electron chi connectivity index (χ1n) is 6.61. The molecule has 1 aliphatic carbocycles. The summed E-state index contributed by atoms with van der Waals surface area (Å²) in [5.41, 5.74) is 4.81. The van der Waals surface area contributed by atoms with Crippen LogP contribution in [0.1, 0.15) is 32.1 Å². The number of nitrogens with one attached hydrogen (secondary N) is 1. The first-order valence-corrected chi connectivity index (χ1v) is 6.61. The molecular formula is C12H24N2O4. The Balaban J connectivity index is 1.93. The molecule has 0 aromatic carbocycles. The van der Waals surface area contributed by atoms with Gasteiger partial charge in [0, 0.05) is 13.1 Å². The highest BCUT2D eigenvalue weighted by Gasteiger charge is 2.15. The monoisotopic (exact) mass is 260 g/mol. The first kappa shape index (κ1) is 15.2. The van der Waals surface area contributed by atoms with Crippen molar-refractivity contribution in [3.63, 3.8) is 0 Å². The van der Waals surface area contributed by atoms with Crippen molar-refractivity contribution >= 4 is 6.09 Å². The number of hydrogen-bond donors (Lipinski definition) is 3. The Morgan fingerprint density at radius 3 is 2.78 bits per heavy atom. The van der Waals surface area contributed by atoms with Crippen LogP contribution in [0.3, 0.4) is 0 Å². The molecule has 0 heterocycles. The molecule has 0 aromatic heterocycles. The van der Waals surface area contributed by atoms with Crippen molar-refractivity contribution in [2.24, 2.45) is 5.73 Å². The number of aliphatic hydroxyl groups is 1. The van der Waals surface area contributed by atoms with Gasteiger partial charge in [-0.2, -0.15) is 0 Å². The van der Waals surface area contributed by atoms with E-state index in [0.29, 0.717) is 25.8 Å². The Labute approximate surface area is 108 Å². The number of amides is 1. The summed E-state index contributed by atoms with van der Waals surface area (Å²) in [6, 6.07) is 0. The van der Waals surface area contributed by atoms with Crippen LogP contribution in [0.2, 0.25) is 0 Å². The fourth-order valence-electron chi connectivity index (χ4n) is 2.03. The first-order chi connectivity index (χ1) is 8.68. The number of carbonyl (C=O) groups excluding carboxylic acids is 1. The lowest BCUT2D eigenvalue weighted by Gasteiger charge is -2.23. The van der Waals surface area contributed by atoms with Crippen LogP contribution in [0.5, 0.6) is 0 Å². The molecule has 6 nitrogen and oxygen atoms in total. The predicted molar refractivity (Wildman–Crippen MR) is 67.2 cm³/mol. The van der Waals surface area contributed by atoms with Crippen LogP contribution in [0.15, 0.2) is 0 Å². The zero-order valence-electron chi connectivity index (χ0n) is 10.8. The van der Waals surface area contributed by atoms with Crippen molar-refractivity contribution in [2.45, 2.75) is 44.3 Å². The van der Waals surface area contributed by atoms with Gasteiger partial charge in [-0.05, 0) is 12.8 Å². The van der Waals surface area contributed by atoms with Gasteiger partial charge in [-0.15, -0.1) is 0 Å². The number of nitrogens with two attached hydrogens (primary N) is 1. The van der Waals surface area contributed by atoms with Gasteiger partial charge >= 0.3 is 6.09 Å². The number of hydrogen-bond acceptors (Lipinski definition) is 5. The number of aliphatic hydroxyl groups excluding tert-OH is 1. The zero-order valence-corrected chi connectivity index (χ0v) is 10.8. The highest BCUT2D eigenvalue weighted by molar-refractivity contribution is 5.64. The Bertz CT molecular complexity index is 232. The summed E-state index contributed by atoms with van der Waals surface area (Å²) in [5.74, 6) is 0. The molecule has 0 saturated heterocycles. The van der Waals surface area contributed by atoms with Crippen molar-refractivity contribution < 1.29 is 19.4 Å². The molecule has 106 valence electrons. The van der Waals surface area contributed by atoms with Crippen LogP contribution in [-0.2, 0) is 9.47 Å². The van der Waals surface area contributed by atoms with E-state index in [1.165, 1.54) is 19.3 Å². The minimum Gasteiger partial charge on any atom is -0.448 e. The van der Waals surface area contributed by atoms with Gasteiger partial charge in [0.1, 0.15) is 6.61 Å². The molecule has 1 amide bonds. The second kappa shape index (κ2) is 9.13. The highest BCUT2D eigenvalue weighted by Crippen LogP contribution is 2.20. The van der Waals surface area contributed by atoms with Gasteiger partial charge in [0.15, 0.2) is 0 Å². The van der Waals surface area contributed by atoms with Gasteiger partial charge in [0.2, 0.25) is 0 Å². The molecule has 1 saturated carbocycles. The molecule has 1 fully saturated rings. The summed E-state index contributed by atoms with van der Waals surface area (Å²) in [6.45, 7) is 1.47. The fraction of sp³-hybridized carbons (Fsp3) is 0.917. The summed E-state index contributed by atoms with van der Waals surface area (Å²) in [7, 11) is 0. The Morgan fingerprint density at radius 2 is 2.11 bits per heavy atom. The molecule has 4 N–H and O–H groups in total. The molecule has 6 heteroatoms. The van der Waals surface area contributed by atoms with Crippen molar-refractivity contribution in [3.05, 3.63) is 0 Å². The average molecular weight is 260 g/mol. The minimum atomic E-state index is -0.780. The van der Waals surface area contributed by atoms with E-state index in [4.69, 9.17) is 10.5 Å². The third-order valence-electron chi connectivity index (χ3n) is 2.98. The zero-order chi connectivity index (χ0) is 13.2. The van der Waals surface area contributed by atoms with E-state index in [1.807, 2.05) is 0 Å². The van der Waals surface area contributed by atoms with E-state index < -0.39 is 12.2 Å². The summed E-state index contributed by atoms with van der Waals surface area (Å²) >= 11 is 0. The second-order valence-corrected chi connectivity index (χ2v) is 4.62.